The average Bonchev–Trinajstić information content (AvgIpc) is 3.53. The van der Waals surface area contributed by atoms with E-state index < -0.39 is 64.9 Å². The number of benzene rings is 2. The second-order valence-corrected chi connectivity index (χ2v) is 14.3. The summed E-state index contributed by atoms with van der Waals surface area (Å²) in [7, 11) is 0. The fourth-order valence-corrected chi connectivity index (χ4v) is 6.92. The molecule has 15 heteroatoms. The number of para-hydroxylation sites is 1. The molecule has 0 aliphatic heterocycles. The van der Waals surface area contributed by atoms with Gasteiger partial charge in [0, 0.05) is 48.2 Å². The minimum Gasteiger partial charge on any atom is -0.358 e. The van der Waals surface area contributed by atoms with Crippen LogP contribution in [0.25, 0.3) is 10.9 Å². The third-order valence-electron chi connectivity index (χ3n) is 10.6. The molecular weight excluding hydrogens is 718 g/mol. The van der Waals surface area contributed by atoms with Crippen LogP contribution in [-0.2, 0) is 39.8 Å². The normalized spacial score (nSPS) is 17.6. The summed E-state index contributed by atoms with van der Waals surface area (Å²) in [4.78, 5) is 61.9. The molecule has 0 saturated heterocycles. The number of alkyl halides is 3. The Morgan fingerprint density at radius 1 is 0.927 bits per heavy atom. The number of urea groups is 1. The molecule has 11 nitrogen and oxygen atoms in total. The predicted molar refractivity (Wildman–Crippen MR) is 200 cm³/mol. The summed E-state index contributed by atoms with van der Waals surface area (Å²) in [6.07, 6.45) is -0.826. The maximum atomic E-state index is 14.7. The number of amides is 5. The van der Waals surface area contributed by atoms with E-state index in [0.717, 1.165) is 6.07 Å². The molecule has 5 amide bonds. The zero-order valence-corrected chi connectivity index (χ0v) is 31.2. The van der Waals surface area contributed by atoms with Gasteiger partial charge in [-0.3, -0.25) is 19.4 Å². The Labute approximate surface area is 316 Å². The average molecular weight is 766 g/mol. The molecule has 2 aromatic carbocycles. The Hall–Kier alpha value is -5.47. The summed E-state index contributed by atoms with van der Waals surface area (Å²) in [5.41, 5.74) is -0.977. The third-order valence-corrected chi connectivity index (χ3v) is 10.6. The lowest BCUT2D eigenvalue weighted by Crippen LogP contribution is -2.66. The molecule has 2 aromatic heterocycles. The number of aromatic amines is 1. The minimum absolute atomic E-state index is 0.0192. The van der Waals surface area contributed by atoms with Crippen molar-refractivity contribution in [2.24, 2.45) is 11.8 Å². The lowest BCUT2D eigenvalue weighted by molar-refractivity contribution is -0.137. The van der Waals surface area contributed by atoms with E-state index in [4.69, 9.17) is 0 Å². The van der Waals surface area contributed by atoms with E-state index in [1.807, 2.05) is 20.8 Å². The summed E-state index contributed by atoms with van der Waals surface area (Å²) < 4.78 is 56.6. The van der Waals surface area contributed by atoms with Crippen molar-refractivity contribution in [1.29, 1.82) is 0 Å². The highest BCUT2D eigenvalue weighted by Crippen LogP contribution is 2.40. The molecule has 1 aliphatic carbocycles. The van der Waals surface area contributed by atoms with Gasteiger partial charge in [-0.1, -0.05) is 70.9 Å². The van der Waals surface area contributed by atoms with Crippen LogP contribution in [0, 0.1) is 17.7 Å². The standard InChI is InChI=1S/C40H47F4N7O4/c1-5-23(3)32(22-46-38(55)47-26-15-18-45-19-16-26)49-37(54)39(17-14-31-28(21-39)27-11-9-12-29(35(27)48-31)40(42,43)44)51-36(53)34(24(4)6-2)50-33(52)20-25-10-7-8-13-30(25)41/h7-13,15-16,18-19,23-24,32,34,48H,5-6,14,17,20-22H2,1-4H3,(H,49,54)(H,50,52)(H,51,53)(H2,45,46,47,55)/t23-,24?,32?,34-,39+/m0/s1. The number of anilines is 1. The molecule has 5 atom stereocenters. The molecule has 0 radical (unpaired) electrons. The van der Waals surface area contributed by atoms with Gasteiger partial charge in [0.25, 0.3) is 0 Å². The van der Waals surface area contributed by atoms with Crippen molar-refractivity contribution in [2.75, 3.05) is 11.9 Å². The van der Waals surface area contributed by atoms with E-state index in [0.29, 0.717) is 29.8 Å². The van der Waals surface area contributed by atoms with Crippen molar-refractivity contribution in [3.8, 4) is 0 Å². The smallest absolute Gasteiger partial charge is 0.358 e. The van der Waals surface area contributed by atoms with Gasteiger partial charge in [0.2, 0.25) is 17.7 Å². The topological polar surface area (TPSA) is 157 Å². The number of carbonyl (C=O) groups excluding carboxylic acids is 4. The Morgan fingerprint density at radius 2 is 1.64 bits per heavy atom. The molecule has 55 heavy (non-hydrogen) atoms. The van der Waals surface area contributed by atoms with Crippen molar-refractivity contribution < 1.29 is 36.7 Å². The quantitative estimate of drug-likeness (QED) is 0.0845. The van der Waals surface area contributed by atoms with Gasteiger partial charge in [0.05, 0.1) is 17.5 Å². The number of aromatic nitrogens is 2. The SMILES string of the molecule is CCC(C)[C@H](NC(=O)Cc1ccccc1F)C(=O)N[C@]1(C(=O)NC(CNC(=O)Nc2ccncc2)[C@@H](C)CC)CCc2[nH]c3c(C(F)(F)F)cccc3c2C1. The third kappa shape index (κ3) is 9.62. The number of H-pyrrole nitrogens is 1. The van der Waals surface area contributed by atoms with Crippen molar-refractivity contribution in [2.45, 2.75) is 90.0 Å². The summed E-state index contributed by atoms with van der Waals surface area (Å²) in [5, 5.41) is 14.5. The summed E-state index contributed by atoms with van der Waals surface area (Å²) >= 11 is 0. The van der Waals surface area contributed by atoms with Crippen LogP contribution < -0.4 is 26.6 Å². The number of halogens is 4. The van der Waals surface area contributed by atoms with Crippen LogP contribution in [0.15, 0.2) is 67.0 Å². The van der Waals surface area contributed by atoms with Crippen LogP contribution in [0.3, 0.4) is 0 Å². The molecule has 0 bridgehead atoms. The van der Waals surface area contributed by atoms with E-state index in [9.17, 15) is 36.7 Å². The second-order valence-electron chi connectivity index (χ2n) is 14.3. The monoisotopic (exact) mass is 765 g/mol. The number of rotatable bonds is 14. The Kier molecular flexibility index (Phi) is 12.8. The number of carbonyl (C=O) groups is 4. The molecule has 2 unspecified atom stereocenters. The van der Waals surface area contributed by atoms with Crippen LogP contribution in [-0.4, -0.2) is 57.9 Å². The van der Waals surface area contributed by atoms with Gasteiger partial charge in [-0.25, -0.2) is 9.18 Å². The van der Waals surface area contributed by atoms with Crippen LogP contribution in [0.2, 0.25) is 0 Å². The van der Waals surface area contributed by atoms with Crippen LogP contribution in [0.4, 0.5) is 28.0 Å². The van der Waals surface area contributed by atoms with E-state index >= 15 is 0 Å². The Balaban J connectivity index is 1.46. The van der Waals surface area contributed by atoms with Crippen LogP contribution >= 0.6 is 0 Å². The zero-order chi connectivity index (χ0) is 39.9. The first kappa shape index (κ1) is 40.7. The van der Waals surface area contributed by atoms with Crippen molar-refractivity contribution in [3.05, 3.63) is 95.2 Å². The second kappa shape index (κ2) is 17.3. The number of hydrogen-bond acceptors (Lipinski definition) is 5. The first-order valence-electron chi connectivity index (χ1n) is 18.5. The van der Waals surface area contributed by atoms with Gasteiger partial charge in [0.1, 0.15) is 17.4 Å². The molecule has 4 aromatic rings. The summed E-state index contributed by atoms with van der Waals surface area (Å²) in [5.74, 6) is -2.98. The Morgan fingerprint density at radius 3 is 2.31 bits per heavy atom. The lowest BCUT2D eigenvalue weighted by atomic mass is 9.78. The highest BCUT2D eigenvalue weighted by molar-refractivity contribution is 5.97. The van der Waals surface area contributed by atoms with Crippen molar-refractivity contribution >= 4 is 40.3 Å². The number of fused-ring (bicyclic) bond motifs is 3. The van der Waals surface area contributed by atoms with Crippen molar-refractivity contribution in [3.63, 3.8) is 0 Å². The van der Waals surface area contributed by atoms with Gasteiger partial charge in [0.15, 0.2) is 0 Å². The Bertz CT molecular complexity index is 2000. The maximum absolute atomic E-state index is 14.7. The van der Waals surface area contributed by atoms with E-state index in [-0.39, 0.29) is 54.6 Å². The van der Waals surface area contributed by atoms with Gasteiger partial charge in [-0.05, 0) is 60.1 Å². The highest BCUT2D eigenvalue weighted by atomic mass is 19.4. The first-order chi connectivity index (χ1) is 26.2. The fraction of sp³-hybridized carbons (Fsp3) is 0.425. The largest absolute Gasteiger partial charge is 0.418 e. The number of pyridine rings is 1. The predicted octanol–water partition coefficient (Wildman–Crippen LogP) is 6.19. The highest BCUT2D eigenvalue weighted by Gasteiger charge is 2.47. The minimum atomic E-state index is -4.64. The van der Waals surface area contributed by atoms with E-state index in [1.54, 1.807) is 31.2 Å². The number of aryl methyl sites for hydroxylation is 1. The molecule has 5 rings (SSSR count). The van der Waals surface area contributed by atoms with Gasteiger partial charge in [-0.15, -0.1) is 0 Å². The molecule has 0 spiro atoms. The lowest BCUT2D eigenvalue weighted by Gasteiger charge is -2.40. The van der Waals surface area contributed by atoms with Gasteiger partial charge < -0.3 is 31.6 Å². The molecule has 6 N–H and O–H groups in total. The summed E-state index contributed by atoms with van der Waals surface area (Å²) in [6.45, 7) is 7.45. The fourth-order valence-electron chi connectivity index (χ4n) is 6.92. The summed E-state index contributed by atoms with van der Waals surface area (Å²) in [6, 6.07) is 10.6. The molecule has 0 saturated carbocycles. The molecule has 2 heterocycles. The van der Waals surface area contributed by atoms with E-state index in [1.165, 1.54) is 36.7 Å². The zero-order valence-electron chi connectivity index (χ0n) is 31.2. The maximum Gasteiger partial charge on any atom is 0.418 e. The van der Waals surface area contributed by atoms with Gasteiger partial charge in [-0.2, -0.15) is 13.2 Å². The van der Waals surface area contributed by atoms with Gasteiger partial charge >= 0.3 is 12.2 Å². The molecular formula is C40H47F4N7O4. The van der Waals surface area contributed by atoms with Crippen LogP contribution in [0.5, 0.6) is 0 Å². The number of nitrogens with zero attached hydrogens (tertiary/aromatic N) is 1. The molecule has 294 valence electrons. The number of hydrogen-bond donors (Lipinski definition) is 6. The first-order valence-corrected chi connectivity index (χ1v) is 18.5. The molecule has 0 fully saturated rings. The molecule has 1 aliphatic rings. The van der Waals surface area contributed by atoms with Crippen molar-refractivity contribution in [1.82, 2.24) is 31.2 Å². The van der Waals surface area contributed by atoms with Crippen LogP contribution in [0.1, 0.15) is 69.3 Å². The van der Waals surface area contributed by atoms with E-state index in [2.05, 4.69) is 36.6 Å². The number of nitrogens with one attached hydrogen (secondary N) is 6.